The molecule has 0 bridgehead atoms. The van der Waals surface area contributed by atoms with E-state index in [1.54, 1.807) is 4.90 Å². The second-order valence-corrected chi connectivity index (χ2v) is 3.61. The summed E-state index contributed by atoms with van der Waals surface area (Å²) in [5.41, 5.74) is 1.44. The van der Waals surface area contributed by atoms with E-state index in [1.165, 1.54) is 18.7 Å². The van der Waals surface area contributed by atoms with Gasteiger partial charge in [0, 0.05) is 5.56 Å². The van der Waals surface area contributed by atoms with Crippen LogP contribution in [0, 0.1) is 0 Å². The molecule has 1 aromatic carbocycles. The van der Waals surface area contributed by atoms with Gasteiger partial charge in [-0.05, 0) is 13.8 Å². The van der Waals surface area contributed by atoms with Crippen LogP contribution in [-0.2, 0) is 6.54 Å². The van der Waals surface area contributed by atoms with Gasteiger partial charge in [0.2, 0.25) is 0 Å². The first-order valence-electron chi connectivity index (χ1n) is 5.61. The molecule has 0 unspecified atom stereocenters. The first-order valence-corrected chi connectivity index (χ1v) is 5.61. The van der Waals surface area contributed by atoms with Crippen LogP contribution in [0.2, 0.25) is 0 Å². The van der Waals surface area contributed by atoms with Crippen molar-refractivity contribution in [3.8, 4) is 0 Å². The third-order valence-corrected chi connectivity index (χ3v) is 2.30. The van der Waals surface area contributed by atoms with Crippen molar-refractivity contribution in [3.63, 3.8) is 0 Å². The molecule has 0 saturated carbocycles. The van der Waals surface area contributed by atoms with Crippen molar-refractivity contribution >= 4 is 7.25 Å². The Hall–Kier alpha value is -1.04. The highest BCUT2D eigenvalue weighted by molar-refractivity contribution is 6.50. The van der Waals surface area contributed by atoms with Crippen LogP contribution >= 0.6 is 0 Å². The maximum atomic E-state index is 9.75. The lowest BCUT2D eigenvalue weighted by Crippen LogP contribution is -3.10. The van der Waals surface area contributed by atoms with Gasteiger partial charge < -0.3 is 22.2 Å². The van der Waals surface area contributed by atoms with Crippen molar-refractivity contribution in [2.45, 2.75) is 20.4 Å². The second-order valence-electron chi connectivity index (χ2n) is 3.61. The van der Waals surface area contributed by atoms with Crippen LogP contribution in [0.3, 0.4) is 0 Å². The average Bonchev–Trinajstić information content (AvgIpc) is 2.25. The summed E-state index contributed by atoms with van der Waals surface area (Å²) >= 11 is 0. The molecule has 17 heavy (non-hydrogen) atoms. The molecule has 1 aromatic rings. The van der Waals surface area contributed by atoms with E-state index in [4.69, 9.17) is 0 Å². The van der Waals surface area contributed by atoms with E-state index in [0.717, 1.165) is 6.54 Å². The van der Waals surface area contributed by atoms with Crippen LogP contribution in [0.1, 0.15) is 19.4 Å². The molecule has 0 atom stereocenters. The highest BCUT2D eigenvalue weighted by atomic mass is 19.5. The lowest BCUT2D eigenvalue weighted by atomic mass is 10.2. The van der Waals surface area contributed by atoms with E-state index in [1.807, 2.05) is 0 Å². The van der Waals surface area contributed by atoms with Crippen LogP contribution in [0.25, 0.3) is 0 Å². The van der Waals surface area contributed by atoms with Gasteiger partial charge >= 0.3 is 7.25 Å². The van der Waals surface area contributed by atoms with E-state index in [2.05, 4.69) is 44.2 Å². The van der Waals surface area contributed by atoms with E-state index in [9.17, 15) is 17.3 Å². The molecule has 6 heteroatoms. The molecule has 1 nitrogen and oxygen atoms in total. The Labute approximate surface area is 99.5 Å². The highest BCUT2D eigenvalue weighted by Gasteiger charge is 2.20. The zero-order chi connectivity index (χ0) is 13.3. The molecule has 0 radical (unpaired) electrons. The Balaban J connectivity index is 0.000000437. The Kier molecular flexibility index (Phi) is 7.62. The number of hydrogen-bond donors (Lipinski definition) is 1. The third-order valence-electron chi connectivity index (χ3n) is 2.30. The van der Waals surface area contributed by atoms with Crippen molar-refractivity contribution in [2.75, 3.05) is 13.1 Å². The topological polar surface area (TPSA) is 4.44 Å². The fourth-order valence-electron chi connectivity index (χ4n) is 1.38. The van der Waals surface area contributed by atoms with Gasteiger partial charge in [-0.2, -0.15) is 0 Å². The number of halogens is 4. The lowest BCUT2D eigenvalue weighted by molar-refractivity contribution is -0.910. The van der Waals surface area contributed by atoms with Gasteiger partial charge in [0.05, 0.1) is 13.1 Å². The van der Waals surface area contributed by atoms with Gasteiger partial charge in [-0.3, -0.25) is 0 Å². The zero-order valence-corrected chi connectivity index (χ0v) is 10.1. The van der Waals surface area contributed by atoms with E-state index in [0.29, 0.717) is 0 Å². The van der Waals surface area contributed by atoms with E-state index < -0.39 is 7.25 Å². The molecular weight excluding hydrogens is 233 g/mol. The van der Waals surface area contributed by atoms with E-state index in [-0.39, 0.29) is 0 Å². The molecule has 1 rings (SSSR count). The van der Waals surface area contributed by atoms with Gasteiger partial charge in [0.25, 0.3) is 0 Å². The maximum Gasteiger partial charge on any atom is 0.673 e. The standard InChI is InChI=1S/C11H17N.BF4/c1-3-12(4-2)10-11-8-6-5-7-9-11;2-1(3,4)5/h5-9H,3-4,10H2,1-2H3;/q;-1/p+1. The minimum atomic E-state index is -6.00. The number of rotatable bonds is 4. The normalized spacial score (nSPS) is 11.0. The molecule has 0 aliphatic rings. The molecule has 0 aliphatic carbocycles. The summed E-state index contributed by atoms with van der Waals surface area (Å²) in [7, 11) is -6.00. The van der Waals surface area contributed by atoms with Crippen molar-refractivity contribution < 1.29 is 22.2 Å². The monoisotopic (exact) mass is 251 g/mol. The fourth-order valence-corrected chi connectivity index (χ4v) is 1.38. The van der Waals surface area contributed by atoms with Crippen molar-refractivity contribution in [3.05, 3.63) is 35.9 Å². The molecule has 0 aliphatic heterocycles. The van der Waals surface area contributed by atoms with Gasteiger partial charge in [0.15, 0.2) is 0 Å². The summed E-state index contributed by atoms with van der Waals surface area (Å²) < 4.78 is 39.0. The molecule has 0 fully saturated rings. The highest BCUT2D eigenvalue weighted by Crippen LogP contribution is 2.06. The Bertz CT molecular complexity index is 279. The zero-order valence-electron chi connectivity index (χ0n) is 10.1. The average molecular weight is 251 g/mol. The molecule has 0 aromatic heterocycles. The van der Waals surface area contributed by atoms with Gasteiger partial charge in [0.1, 0.15) is 6.54 Å². The van der Waals surface area contributed by atoms with Crippen molar-refractivity contribution in [1.29, 1.82) is 0 Å². The van der Waals surface area contributed by atoms with Crippen molar-refractivity contribution in [1.82, 2.24) is 0 Å². The SMILES string of the molecule is CC[NH+](CC)Cc1ccccc1.F[B-](F)(F)F. The first-order chi connectivity index (χ1) is 7.86. The summed E-state index contributed by atoms with van der Waals surface area (Å²) in [6.45, 7) is 8.06. The van der Waals surface area contributed by atoms with Gasteiger partial charge in [-0.1, -0.05) is 30.3 Å². The first kappa shape index (κ1) is 16.0. The maximum absolute atomic E-state index is 9.75. The summed E-state index contributed by atoms with van der Waals surface area (Å²) in [4.78, 5) is 1.64. The van der Waals surface area contributed by atoms with Crippen molar-refractivity contribution in [2.24, 2.45) is 0 Å². The number of hydrogen-bond acceptors (Lipinski definition) is 0. The summed E-state index contributed by atoms with van der Waals surface area (Å²) in [6, 6.07) is 10.7. The third kappa shape index (κ3) is 11.2. The lowest BCUT2D eigenvalue weighted by Gasteiger charge is -2.14. The van der Waals surface area contributed by atoms with Crippen LogP contribution in [0.5, 0.6) is 0 Å². The predicted molar refractivity (Wildman–Crippen MR) is 62.4 cm³/mol. The van der Waals surface area contributed by atoms with E-state index >= 15 is 0 Å². The van der Waals surface area contributed by atoms with Crippen LogP contribution in [0.15, 0.2) is 30.3 Å². The molecule has 1 N–H and O–H groups in total. The summed E-state index contributed by atoms with van der Waals surface area (Å²) in [5.74, 6) is 0. The molecular formula is C11H18BF4N. The second kappa shape index (κ2) is 8.11. The molecule has 0 spiro atoms. The quantitative estimate of drug-likeness (QED) is 0.619. The number of nitrogens with one attached hydrogen (secondary N) is 1. The molecule has 98 valence electrons. The molecule has 0 saturated heterocycles. The van der Waals surface area contributed by atoms with Crippen LogP contribution < -0.4 is 4.90 Å². The minimum absolute atomic E-state index is 1.16. The Morgan fingerprint density at radius 3 is 1.71 bits per heavy atom. The summed E-state index contributed by atoms with van der Waals surface area (Å²) in [5, 5.41) is 0. The Morgan fingerprint density at radius 1 is 0.941 bits per heavy atom. The minimum Gasteiger partial charge on any atom is -0.418 e. The van der Waals surface area contributed by atoms with Gasteiger partial charge in [-0.25, -0.2) is 0 Å². The predicted octanol–water partition coefficient (Wildman–Crippen LogP) is 2.41. The van der Waals surface area contributed by atoms with Crippen LogP contribution in [-0.4, -0.2) is 20.3 Å². The fraction of sp³-hybridized carbons (Fsp3) is 0.455. The van der Waals surface area contributed by atoms with Crippen LogP contribution in [0.4, 0.5) is 17.3 Å². The summed E-state index contributed by atoms with van der Waals surface area (Å²) in [6.07, 6.45) is 0. The van der Waals surface area contributed by atoms with Gasteiger partial charge in [-0.15, -0.1) is 0 Å². The smallest absolute Gasteiger partial charge is 0.418 e. The molecule has 0 heterocycles. The molecule has 0 amide bonds. The number of benzene rings is 1. The Morgan fingerprint density at radius 2 is 1.35 bits per heavy atom. The largest absolute Gasteiger partial charge is 0.673 e. The number of quaternary nitrogens is 1.